The van der Waals surface area contributed by atoms with E-state index in [-0.39, 0.29) is 25.0 Å². The molecule has 7 heteroatoms. The number of hydrogen-bond donors (Lipinski definition) is 0. The lowest BCUT2D eigenvalue weighted by atomic mass is 10.2. The molecule has 28 heavy (non-hydrogen) atoms. The van der Waals surface area contributed by atoms with Crippen molar-refractivity contribution in [1.29, 1.82) is 0 Å². The van der Waals surface area contributed by atoms with Gasteiger partial charge in [-0.15, -0.1) is 11.3 Å². The van der Waals surface area contributed by atoms with Gasteiger partial charge in [-0.1, -0.05) is 36.4 Å². The van der Waals surface area contributed by atoms with Crippen LogP contribution in [-0.4, -0.2) is 62.1 Å². The number of hydrogen-bond acceptors (Lipinski definition) is 5. The van der Waals surface area contributed by atoms with E-state index in [0.717, 1.165) is 10.4 Å². The summed E-state index contributed by atoms with van der Waals surface area (Å²) in [5.74, 6) is -0.276. The maximum Gasteiger partial charge on any atom is 0.249 e. The number of nitrogens with zero attached hydrogens (tertiary/aromatic N) is 2. The van der Waals surface area contributed by atoms with E-state index in [9.17, 15) is 9.59 Å². The third-order valence-electron chi connectivity index (χ3n) is 4.22. The Kier molecular flexibility index (Phi) is 9.68. The number of amides is 2. The first kappa shape index (κ1) is 22.1. The van der Waals surface area contributed by atoms with Crippen LogP contribution in [0, 0.1) is 0 Å². The summed E-state index contributed by atoms with van der Waals surface area (Å²) in [6, 6.07) is 13.9. The van der Waals surface area contributed by atoms with Crippen molar-refractivity contribution in [2.24, 2.45) is 0 Å². The zero-order chi connectivity index (χ0) is 20.2. The summed E-state index contributed by atoms with van der Waals surface area (Å²) in [6.07, 6.45) is 0.669. The summed E-state index contributed by atoms with van der Waals surface area (Å²) in [5.41, 5.74) is 1.06. The van der Waals surface area contributed by atoms with E-state index in [1.54, 1.807) is 28.2 Å². The summed E-state index contributed by atoms with van der Waals surface area (Å²) < 4.78 is 10.0. The van der Waals surface area contributed by atoms with Crippen LogP contribution in [0.5, 0.6) is 0 Å². The molecular formula is C21H28N2O4S. The molecule has 1 aromatic carbocycles. The molecule has 2 aromatic rings. The van der Waals surface area contributed by atoms with Gasteiger partial charge in [-0.25, -0.2) is 0 Å². The zero-order valence-electron chi connectivity index (χ0n) is 16.5. The molecule has 0 unspecified atom stereocenters. The van der Waals surface area contributed by atoms with Gasteiger partial charge in [0.2, 0.25) is 11.8 Å². The molecule has 1 aromatic heterocycles. The molecule has 6 nitrogen and oxygen atoms in total. The minimum atomic E-state index is -0.192. The minimum absolute atomic E-state index is 0.0319. The van der Waals surface area contributed by atoms with E-state index in [1.807, 2.05) is 47.8 Å². The molecule has 0 fully saturated rings. The number of methoxy groups -OCH3 is 2. The van der Waals surface area contributed by atoms with Gasteiger partial charge in [0.15, 0.2) is 0 Å². The fourth-order valence-corrected chi connectivity index (χ4v) is 3.52. The van der Waals surface area contributed by atoms with E-state index in [4.69, 9.17) is 9.47 Å². The van der Waals surface area contributed by atoms with Crippen molar-refractivity contribution in [2.75, 3.05) is 40.5 Å². The minimum Gasteiger partial charge on any atom is -0.385 e. The smallest absolute Gasteiger partial charge is 0.249 e. The highest BCUT2D eigenvalue weighted by Gasteiger charge is 2.21. The lowest BCUT2D eigenvalue weighted by molar-refractivity contribution is -0.143. The second-order valence-corrected chi connectivity index (χ2v) is 7.44. The van der Waals surface area contributed by atoms with E-state index in [2.05, 4.69) is 0 Å². The molecule has 0 N–H and O–H groups in total. The van der Waals surface area contributed by atoms with Crippen molar-refractivity contribution in [3.63, 3.8) is 0 Å². The van der Waals surface area contributed by atoms with Crippen molar-refractivity contribution >= 4 is 23.2 Å². The second-order valence-electron chi connectivity index (χ2n) is 6.41. The normalized spacial score (nSPS) is 10.6. The van der Waals surface area contributed by atoms with Gasteiger partial charge in [0, 0.05) is 38.8 Å². The summed E-state index contributed by atoms with van der Waals surface area (Å²) in [7, 11) is 3.10. The van der Waals surface area contributed by atoms with Gasteiger partial charge in [-0.05, 0) is 23.4 Å². The molecule has 0 spiro atoms. The molecule has 0 saturated heterocycles. The number of thiophene rings is 1. The Bertz CT molecular complexity index is 706. The predicted octanol–water partition coefficient (Wildman–Crippen LogP) is 2.79. The number of carbonyl (C=O) groups is 2. The third-order valence-corrected chi connectivity index (χ3v) is 5.08. The van der Waals surface area contributed by atoms with Gasteiger partial charge in [-0.3, -0.25) is 9.59 Å². The van der Waals surface area contributed by atoms with Crippen molar-refractivity contribution in [3.8, 4) is 0 Å². The van der Waals surface area contributed by atoms with Crippen LogP contribution in [0.15, 0.2) is 47.8 Å². The van der Waals surface area contributed by atoms with Crippen molar-refractivity contribution in [3.05, 3.63) is 58.3 Å². The SMILES string of the molecule is COCCCN(CC(=O)N(Cc1ccccc1)Cc1cccs1)C(=O)COC. The van der Waals surface area contributed by atoms with Gasteiger partial charge in [-0.2, -0.15) is 0 Å². The van der Waals surface area contributed by atoms with Gasteiger partial charge in [0.25, 0.3) is 0 Å². The Morgan fingerprint density at radius 2 is 1.71 bits per heavy atom. The molecule has 152 valence electrons. The average Bonchev–Trinajstić information content (AvgIpc) is 3.21. The van der Waals surface area contributed by atoms with Gasteiger partial charge in [0.1, 0.15) is 6.61 Å². The van der Waals surface area contributed by atoms with Crippen molar-refractivity contribution < 1.29 is 19.1 Å². The van der Waals surface area contributed by atoms with Gasteiger partial charge in [0.05, 0.1) is 13.1 Å². The summed E-state index contributed by atoms with van der Waals surface area (Å²) >= 11 is 1.62. The van der Waals surface area contributed by atoms with Crippen LogP contribution < -0.4 is 0 Å². The largest absolute Gasteiger partial charge is 0.385 e. The molecular weight excluding hydrogens is 376 g/mol. The molecule has 0 saturated carbocycles. The Labute approximate surface area is 170 Å². The van der Waals surface area contributed by atoms with E-state index >= 15 is 0 Å². The van der Waals surface area contributed by atoms with Crippen LogP contribution in [-0.2, 0) is 32.2 Å². The topological polar surface area (TPSA) is 59.1 Å². The predicted molar refractivity (Wildman–Crippen MR) is 110 cm³/mol. The third kappa shape index (κ3) is 7.42. The fraction of sp³-hybridized carbons (Fsp3) is 0.429. The van der Waals surface area contributed by atoms with E-state index < -0.39 is 0 Å². The Hall–Kier alpha value is -2.22. The van der Waals surface area contributed by atoms with Gasteiger partial charge >= 0.3 is 0 Å². The monoisotopic (exact) mass is 404 g/mol. The first-order valence-corrected chi connectivity index (χ1v) is 10.1. The molecule has 0 atom stereocenters. The molecule has 0 radical (unpaired) electrons. The molecule has 2 amide bonds. The van der Waals surface area contributed by atoms with Crippen LogP contribution in [0.1, 0.15) is 16.9 Å². The first-order valence-electron chi connectivity index (χ1n) is 9.23. The standard InChI is InChI=1S/C21H28N2O4S/c1-26-12-7-11-22(21(25)17-27-2)16-20(24)23(15-19-10-6-13-28-19)14-18-8-4-3-5-9-18/h3-6,8-10,13H,7,11-12,14-17H2,1-2H3. The molecule has 0 aliphatic rings. The molecule has 2 rings (SSSR count). The van der Waals surface area contributed by atoms with Crippen LogP contribution in [0.25, 0.3) is 0 Å². The average molecular weight is 405 g/mol. The van der Waals surface area contributed by atoms with Crippen LogP contribution >= 0.6 is 11.3 Å². The summed E-state index contributed by atoms with van der Waals surface area (Å²) in [4.78, 5) is 29.9. The van der Waals surface area contributed by atoms with Crippen LogP contribution in [0.4, 0.5) is 0 Å². The van der Waals surface area contributed by atoms with Gasteiger partial charge < -0.3 is 19.3 Å². The van der Waals surface area contributed by atoms with Crippen LogP contribution in [0.2, 0.25) is 0 Å². The Morgan fingerprint density at radius 1 is 0.929 bits per heavy atom. The zero-order valence-corrected chi connectivity index (χ0v) is 17.3. The fourth-order valence-electron chi connectivity index (χ4n) is 2.80. The Morgan fingerprint density at radius 3 is 2.36 bits per heavy atom. The molecule has 0 aliphatic heterocycles. The summed E-state index contributed by atoms with van der Waals surface area (Å²) in [6.45, 7) is 2.01. The lowest BCUT2D eigenvalue weighted by Crippen LogP contribution is -2.44. The quantitative estimate of drug-likeness (QED) is 0.511. The molecule has 0 bridgehead atoms. The summed E-state index contributed by atoms with van der Waals surface area (Å²) in [5, 5.41) is 2.00. The molecule has 0 aliphatic carbocycles. The number of ether oxygens (including phenoxy) is 2. The number of carbonyl (C=O) groups excluding carboxylic acids is 2. The number of benzene rings is 1. The van der Waals surface area contributed by atoms with Crippen LogP contribution in [0.3, 0.4) is 0 Å². The van der Waals surface area contributed by atoms with E-state index in [0.29, 0.717) is 32.7 Å². The highest BCUT2D eigenvalue weighted by Crippen LogP contribution is 2.15. The second kappa shape index (κ2) is 12.3. The highest BCUT2D eigenvalue weighted by atomic mass is 32.1. The van der Waals surface area contributed by atoms with E-state index in [1.165, 1.54) is 7.11 Å². The maximum atomic E-state index is 13.1. The molecule has 1 heterocycles. The maximum absolute atomic E-state index is 13.1. The van der Waals surface area contributed by atoms with Crippen molar-refractivity contribution in [1.82, 2.24) is 9.80 Å². The lowest BCUT2D eigenvalue weighted by Gasteiger charge is -2.27. The number of rotatable bonds is 12. The van der Waals surface area contributed by atoms with Crippen molar-refractivity contribution in [2.45, 2.75) is 19.5 Å². The first-order chi connectivity index (χ1) is 13.6. The highest BCUT2D eigenvalue weighted by molar-refractivity contribution is 7.09. The Balaban J connectivity index is 2.09.